The number of aryl methyl sites for hydroxylation is 1. The number of carbonyl (C=O) groups excluding carboxylic acids is 1. The molecule has 0 spiro atoms. The molecule has 0 aliphatic carbocycles. The molecule has 112 valence electrons. The number of aliphatic hydroxyl groups is 1. The second kappa shape index (κ2) is 5.69. The molecular weight excluding hydrogens is 268 g/mol. The molecule has 0 aliphatic rings. The minimum Gasteiger partial charge on any atom is -0.456 e. The van der Waals surface area contributed by atoms with Crippen LogP contribution in [-0.4, -0.2) is 26.5 Å². The smallest absolute Gasteiger partial charge is 0.340 e. The summed E-state index contributed by atoms with van der Waals surface area (Å²) in [7, 11) is 0. The SMILES string of the molecule is Cc1cc(CO)nn1-c1ccccc1C(=O)OC(C)(C)C. The van der Waals surface area contributed by atoms with E-state index in [-0.39, 0.29) is 6.61 Å². The Hall–Kier alpha value is -2.14. The number of carbonyl (C=O) groups is 1. The van der Waals surface area contributed by atoms with Crippen LogP contribution in [0, 0.1) is 6.92 Å². The van der Waals surface area contributed by atoms with Gasteiger partial charge in [0, 0.05) is 5.69 Å². The zero-order chi connectivity index (χ0) is 15.6. The van der Waals surface area contributed by atoms with Gasteiger partial charge in [0.15, 0.2) is 0 Å². The summed E-state index contributed by atoms with van der Waals surface area (Å²) in [5, 5.41) is 13.5. The fourth-order valence-corrected chi connectivity index (χ4v) is 2.02. The van der Waals surface area contributed by atoms with Gasteiger partial charge >= 0.3 is 5.97 Å². The van der Waals surface area contributed by atoms with Crippen molar-refractivity contribution in [1.29, 1.82) is 0 Å². The highest BCUT2D eigenvalue weighted by Crippen LogP contribution is 2.20. The lowest BCUT2D eigenvalue weighted by atomic mass is 10.1. The van der Waals surface area contributed by atoms with E-state index in [2.05, 4.69) is 5.10 Å². The summed E-state index contributed by atoms with van der Waals surface area (Å²) in [4.78, 5) is 12.3. The second-order valence-electron chi connectivity index (χ2n) is 5.87. The first-order valence-corrected chi connectivity index (χ1v) is 6.81. The summed E-state index contributed by atoms with van der Waals surface area (Å²) in [5.41, 5.74) is 1.94. The number of rotatable bonds is 3. The van der Waals surface area contributed by atoms with Gasteiger partial charge < -0.3 is 9.84 Å². The topological polar surface area (TPSA) is 64.4 Å². The van der Waals surface area contributed by atoms with E-state index >= 15 is 0 Å². The predicted octanol–water partition coefficient (Wildman–Crippen LogP) is 2.63. The van der Waals surface area contributed by atoms with E-state index in [0.717, 1.165) is 5.69 Å². The van der Waals surface area contributed by atoms with Gasteiger partial charge in [0.25, 0.3) is 0 Å². The molecule has 21 heavy (non-hydrogen) atoms. The van der Waals surface area contributed by atoms with Crippen LogP contribution in [0.2, 0.25) is 0 Å². The Bertz CT molecular complexity index is 654. The van der Waals surface area contributed by atoms with Gasteiger partial charge in [0.2, 0.25) is 0 Å². The summed E-state index contributed by atoms with van der Waals surface area (Å²) in [6.07, 6.45) is 0. The molecule has 0 fully saturated rings. The van der Waals surface area contributed by atoms with Crippen LogP contribution < -0.4 is 0 Å². The van der Waals surface area contributed by atoms with Crippen molar-refractivity contribution < 1.29 is 14.6 Å². The average Bonchev–Trinajstić information content (AvgIpc) is 2.78. The van der Waals surface area contributed by atoms with Gasteiger partial charge in [0.05, 0.1) is 23.6 Å². The number of hydrogen-bond donors (Lipinski definition) is 1. The Labute approximate surface area is 124 Å². The van der Waals surface area contributed by atoms with Crippen LogP contribution in [-0.2, 0) is 11.3 Å². The minimum absolute atomic E-state index is 0.136. The first-order chi connectivity index (χ1) is 9.81. The molecule has 0 unspecified atom stereocenters. The van der Waals surface area contributed by atoms with Crippen molar-refractivity contribution in [2.45, 2.75) is 39.9 Å². The summed E-state index contributed by atoms with van der Waals surface area (Å²) < 4.78 is 7.07. The molecule has 2 rings (SSSR count). The molecular formula is C16H20N2O3. The van der Waals surface area contributed by atoms with Crippen molar-refractivity contribution in [3.63, 3.8) is 0 Å². The Kier molecular flexibility index (Phi) is 4.14. The Morgan fingerprint density at radius 2 is 2.00 bits per heavy atom. The van der Waals surface area contributed by atoms with E-state index in [0.29, 0.717) is 16.9 Å². The molecule has 2 aromatic rings. The first kappa shape index (κ1) is 15.3. The molecule has 5 nitrogen and oxygen atoms in total. The van der Waals surface area contributed by atoms with Crippen molar-refractivity contribution >= 4 is 5.97 Å². The summed E-state index contributed by atoms with van der Waals surface area (Å²) >= 11 is 0. The van der Waals surface area contributed by atoms with Crippen LogP contribution in [0.3, 0.4) is 0 Å². The number of ether oxygens (including phenoxy) is 1. The molecule has 1 aromatic heterocycles. The maximum Gasteiger partial charge on any atom is 0.340 e. The van der Waals surface area contributed by atoms with Crippen LogP contribution in [0.15, 0.2) is 30.3 Å². The highest BCUT2D eigenvalue weighted by atomic mass is 16.6. The van der Waals surface area contributed by atoms with Crippen molar-refractivity contribution in [1.82, 2.24) is 9.78 Å². The van der Waals surface area contributed by atoms with Crippen molar-refractivity contribution in [2.75, 3.05) is 0 Å². The van der Waals surface area contributed by atoms with Gasteiger partial charge in [-0.3, -0.25) is 0 Å². The lowest BCUT2D eigenvalue weighted by Gasteiger charge is -2.20. The lowest BCUT2D eigenvalue weighted by molar-refractivity contribution is 0.00695. The molecule has 0 saturated carbocycles. The molecule has 1 heterocycles. The number of hydrogen-bond acceptors (Lipinski definition) is 4. The van der Waals surface area contributed by atoms with Gasteiger partial charge in [-0.15, -0.1) is 0 Å². The molecule has 0 amide bonds. The number of aromatic nitrogens is 2. The zero-order valence-corrected chi connectivity index (χ0v) is 12.8. The van der Waals surface area contributed by atoms with E-state index in [4.69, 9.17) is 4.74 Å². The van der Waals surface area contributed by atoms with E-state index in [9.17, 15) is 9.90 Å². The van der Waals surface area contributed by atoms with Gasteiger partial charge in [-0.25, -0.2) is 9.48 Å². The zero-order valence-electron chi connectivity index (χ0n) is 12.8. The molecule has 1 aromatic carbocycles. The van der Waals surface area contributed by atoms with Crippen LogP contribution in [0.4, 0.5) is 0 Å². The van der Waals surface area contributed by atoms with E-state index in [1.807, 2.05) is 33.8 Å². The third kappa shape index (κ3) is 3.49. The molecule has 0 bridgehead atoms. The highest BCUT2D eigenvalue weighted by molar-refractivity contribution is 5.93. The summed E-state index contributed by atoms with van der Waals surface area (Å²) in [5.74, 6) is -0.390. The maximum atomic E-state index is 12.3. The van der Waals surface area contributed by atoms with Crippen molar-refractivity contribution in [3.8, 4) is 5.69 Å². The maximum absolute atomic E-state index is 12.3. The third-order valence-electron chi connectivity index (χ3n) is 2.85. The lowest BCUT2D eigenvalue weighted by Crippen LogP contribution is -2.24. The molecule has 0 saturated heterocycles. The predicted molar refractivity (Wildman–Crippen MR) is 79.4 cm³/mol. The van der Waals surface area contributed by atoms with Crippen LogP contribution in [0.5, 0.6) is 0 Å². The van der Waals surface area contributed by atoms with E-state index < -0.39 is 11.6 Å². The van der Waals surface area contributed by atoms with Crippen molar-refractivity contribution in [2.24, 2.45) is 0 Å². The van der Waals surface area contributed by atoms with Crippen molar-refractivity contribution in [3.05, 3.63) is 47.3 Å². The van der Waals surface area contributed by atoms with E-state index in [1.165, 1.54) is 0 Å². The van der Waals surface area contributed by atoms with E-state index in [1.54, 1.807) is 28.9 Å². The number of benzene rings is 1. The highest BCUT2D eigenvalue weighted by Gasteiger charge is 2.21. The molecule has 0 aliphatic heterocycles. The normalized spacial score (nSPS) is 11.5. The molecule has 1 N–H and O–H groups in total. The Balaban J connectivity index is 2.46. The summed E-state index contributed by atoms with van der Waals surface area (Å²) in [6, 6.07) is 8.92. The van der Waals surface area contributed by atoms with Crippen LogP contribution in [0.25, 0.3) is 5.69 Å². The number of para-hydroxylation sites is 1. The third-order valence-corrected chi connectivity index (χ3v) is 2.85. The monoisotopic (exact) mass is 288 g/mol. The van der Waals surface area contributed by atoms with Gasteiger partial charge in [0.1, 0.15) is 5.60 Å². The fraction of sp³-hybridized carbons (Fsp3) is 0.375. The minimum atomic E-state index is -0.556. The van der Waals surface area contributed by atoms with Gasteiger partial charge in [-0.05, 0) is 45.9 Å². The number of aliphatic hydroxyl groups excluding tert-OH is 1. The quantitative estimate of drug-likeness (QED) is 0.882. The Morgan fingerprint density at radius 3 is 2.57 bits per heavy atom. The second-order valence-corrected chi connectivity index (χ2v) is 5.87. The van der Waals surface area contributed by atoms with Gasteiger partial charge in [-0.1, -0.05) is 12.1 Å². The average molecular weight is 288 g/mol. The molecule has 0 atom stereocenters. The first-order valence-electron chi connectivity index (χ1n) is 6.81. The van der Waals surface area contributed by atoms with Crippen LogP contribution in [0.1, 0.15) is 42.5 Å². The largest absolute Gasteiger partial charge is 0.456 e. The molecule has 5 heteroatoms. The number of esters is 1. The number of nitrogens with zero attached hydrogens (tertiary/aromatic N) is 2. The van der Waals surface area contributed by atoms with Gasteiger partial charge in [-0.2, -0.15) is 5.10 Å². The standard InChI is InChI=1S/C16H20N2O3/c1-11-9-12(10-19)17-18(11)14-8-6-5-7-13(14)15(20)21-16(2,3)4/h5-9,19H,10H2,1-4H3. The Morgan fingerprint density at radius 1 is 1.33 bits per heavy atom. The molecule has 0 radical (unpaired) electrons. The fourth-order valence-electron chi connectivity index (χ4n) is 2.02. The summed E-state index contributed by atoms with van der Waals surface area (Å²) in [6.45, 7) is 7.23. The van der Waals surface area contributed by atoms with Crippen LogP contribution >= 0.6 is 0 Å².